The summed E-state index contributed by atoms with van der Waals surface area (Å²) in [6.07, 6.45) is -0.296. The number of ether oxygens (including phenoxy) is 3. The maximum atomic E-state index is 12.6. The van der Waals surface area contributed by atoms with Crippen LogP contribution in [-0.4, -0.2) is 24.6 Å². The lowest BCUT2D eigenvalue weighted by Crippen LogP contribution is -2.33. The molecular weight excluding hydrogens is 320 g/mol. The zero-order chi connectivity index (χ0) is 18.6. The normalized spacial score (nSPS) is 20.1. The van der Waals surface area contributed by atoms with Gasteiger partial charge in [0.1, 0.15) is 17.4 Å². The molecule has 2 unspecified atom stereocenters. The Morgan fingerprint density at radius 1 is 1.36 bits per heavy atom. The van der Waals surface area contributed by atoms with E-state index >= 15 is 0 Å². The molecule has 0 spiro atoms. The Kier molecular flexibility index (Phi) is 5.81. The van der Waals surface area contributed by atoms with Crippen LogP contribution in [0.2, 0.25) is 0 Å². The fraction of sp³-hybridized carbons (Fsp3) is 0.421. The van der Waals surface area contributed by atoms with Gasteiger partial charge in [0, 0.05) is 5.92 Å². The van der Waals surface area contributed by atoms with Gasteiger partial charge in [0.25, 0.3) is 0 Å². The lowest BCUT2D eigenvalue weighted by molar-refractivity contribution is -0.143. The number of benzene rings is 1. The van der Waals surface area contributed by atoms with Crippen LogP contribution in [0.3, 0.4) is 0 Å². The van der Waals surface area contributed by atoms with E-state index in [4.69, 9.17) is 19.6 Å². The number of carbonyl (C=O) groups excluding carboxylic acids is 1. The molecule has 0 amide bonds. The van der Waals surface area contributed by atoms with Crippen molar-refractivity contribution in [3.8, 4) is 11.8 Å². The summed E-state index contributed by atoms with van der Waals surface area (Å²) < 4.78 is 16.1. The highest BCUT2D eigenvalue weighted by Gasteiger charge is 2.41. The second-order valence-corrected chi connectivity index (χ2v) is 5.98. The fourth-order valence-corrected chi connectivity index (χ4v) is 2.80. The van der Waals surface area contributed by atoms with Crippen molar-refractivity contribution < 1.29 is 19.0 Å². The number of carbonyl (C=O) groups is 1. The van der Waals surface area contributed by atoms with E-state index in [1.54, 1.807) is 45.0 Å². The molecule has 0 aliphatic carbocycles. The number of rotatable bonds is 5. The quantitative estimate of drug-likeness (QED) is 0.826. The van der Waals surface area contributed by atoms with Crippen molar-refractivity contribution in [1.29, 1.82) is 10.7 Å². The lowest BCUT2D eigenvalue weighted by atomic mass is 9.78. The first-order valence-electron chi connectivity index (χ1n) is 8.19. The van der Waals surface area contributed by atoms with E-state index in [1.165, 1.54) is 0 Å². The smallest absolute Gasteiger partial charge is 0.338 e. The van der Waals surface area contributed by atoms with Crippen molar-refractivity contribution in [2.45, 2.75) is 39.7 Å². The van der Waals surface area contributed by atoms with Gasteiger partial charge in [0.15, 0.2) is 0 Å². The molecule has 2 rings (SSSR count). The fourth-order valence-electron chi connectivity index (χ4n) is 2.80. The van der Waals surface area contributed by atoms with Crippen LogP contribution in [0.1, 0.15) is 39.2 Å². The Hall–Kier alpha value is -2.81. The number of nitriles is 1. The number of hydrogen-bond acceptors (Lipinski definition) is 6. The van der Waals surface area contributed by atoms with Crippen LogP contribution >= 0.6 is 0 Å². The predicted molar refractivity (Wildman–Crippen MR) is 92.2 cm³/mol. The van der Waals surface area contributed by atoms with E-state index < -0.39 is 17.8 Å². The van der Waals surface area contributed by atoms with Crippen molar-refractivity contribution >= 4 is 11.9 Å². The molecule has 0 fully saturated rings. The van der Waals surface area contributed by atoms with E-state index in [0.717, 1.165) is 5.56 Å². The zero-order valence-corrected chi connectivity index (χ0v) is 14.8. The number of hydrogen-bond donors (Lipinski definition) is 1. The van der Waals surface area contributed by atoms with Gasteiger partial charge in [-0.15, -0.1) is 0 Å². The summed E-state index contributed by atoms with van der Waals surface area (Å²) >= 11 is 0. The molecule has 1 aliphatic rings. The molecule has 6 heteroatoms. The van der Waals surface area contributed by atoms with E-state index in [2.05, 4.69) is 6.07 Å². The topological polar surface area (TPSA) is 92.4 Å². The Balaban J connectivity index is 2.49. The summed E-state index contributed by atoms with van der Waals surface area (Å²) in [5, 5.41) is 17.5. The van der Waals surface area contributed by atoms with Crippen molar-refractivity contribution in [2.75, 3.05) is 6.61 Å². The van der Waals surface area contributed by atoms with Crippen LogP contribution in [0.25, 0.3) is 0 Å². The molecule has 0 saturated carbocycles. The van der Waals surface area contributed by atoms with Crippen LogP contribution in [0.4, 0.5) is 0 Å². The molecule has 0 bridgehead atoms. The van der Waals surface area contributed by atoms with Gasteiger partial charge in [-0.3, -0.25) is 5.41 Å². The molecule has 1 aromatic rings. The van der Waals surface area contributed by atoms with Gasteiger partial charge < -0.3 is 14.2 Å². The second kappa shape index (κ2) is 7.84. The van der Waals surface area contributed by atoms with Gasteiger partial charge >= 0.3 is 5.97 Å². The van der Waals surface area contributed by atoms with Crippen LogP contribution in [0.5, 0.6) is 5.75 Å². The molecule has 132 valence electrons. The zero-order valence-electron chi connectivity index (χ0n) is 14.8. The first-order chi connectivity index (χ1) is 11.9. The number of nitrogens with one attached hydrogen (secondary N) is 1. The van der Waals surface area contributed by atoms with Crippen molar-refractivity contribution in [2.24, 2.45) is 5.92 Å². The summed E-state index contributed by atoms with van der Waals surface area (Å²) in [5.74, 6) is -1.21. The lowest BCUT2D eigenvalue weighted by Gasteiger charge is -2.31. The minimum atomic E-state index is -0.892. The maximum absolute atomic E-state index is 12.6. The van der Waals surface area contributed by atoms with Crippen LogP contribution < -0.4 is 4.74 Å². The standard InChI is InChI=1S/C19H22N2O4/c1-5-23-14-8-6-13(7-9-14)17-15(10-20)18(21)25-12(4)16(17)19(22)24-11(2)3/h6-9,11,15,17,21H,5H2,1-4H3. The van der Waals surface area contributed by atoms with Gasteiger partial charge in [-0.1, -0.05) is 12.1 Å². The maximum Gasteiger partial charge on any atom is 0.338 e. The van der Waals surface area contributed by atoms with Gasteiger partial charge in [0.05, 0.1) is 24.4 Å². The Labute approximate surface area is 147 Å². The minimum Gasteiger partial charge on any atom is -0.494 e. The summed E-state index contributed by atoms with van der Waals surface area (Å²) in [6, 6.07) is 9.25. The Morgan fingerprint density at radius 2 is 2.00 bits per heavy atom. The minimum absolute atomic E-state index is 0.167. The highest BCUT2D eigenvalue weighted by Crippen LogP contribution is 2.40. The molecule has 1 heterocycles. The molecular formula is C19H22N2O4. The summed E-state index contributed by atoms with van der Waals surface area (Å²) in [5.41, 5.74) is 1.01. The van der Waals surface area contributed by atoms with E-state index in [9.17, 15) is 10.1 Å². The third kappa shape index (κ3) is 4.00. The number of esters is 1. The number of allylic oxidation sites excluding steroid dienone is 1. The monoisotopic (exact) mass is 342 g/mol. The highest BCUT2D eigenvalue weighted by molar-refractivity contribution is 5.95. The third-order valence-corrected chi connectivity index (χ3v) is 3.82. The van der Waals surface area contributed by atoms with E-state index in [1.807, 2.05) is 6.92 Å². The average Bonchev–Trinajstić information content (AvgIpc) is 2.54. The molecule has 1 aromatic carbocycles. The molecule has 0 saturated heterocycles. The largest absolute Gasteiger partial charge is 0.494 e. The van der Waals surface area contributed by atoms with Crippen LogP contribution in [0.15, 0.2) is 35.6 Å². The van der Waals surface area contributed by atoms with Crippen molar-refractivity contribution in [3.05, 3.63) is 41.2 Å². The molecule has 25 heavy (non-hydrogen) atoms. The van der Waals surface area contributed by atoms with Crippen molar-refractivity contribution in [1.82, 2.24) is 0 Å². The van der Waals surface area contributed by atoms with Gasteiger partial charge in [-0.25, -0.2) is 4.79 Å². The summed E-state index contributed by atoms with van der Waals surface area (Å²) in [6.45, 7) is 7.57. The number of nitrogens with zero attached hydrogens (tertiary/aromatic N) is 1. The molecule has 1 aliphatic heterocycles. The second-order valence-electron chi connectivity index (χ2n) is 5.98. The molecule has 1 N–H and O–H groups in total. The first-order valence-corrected chi connectivity index (χ1v) is 8.19. The predicted octanol–water partition coefficient (Wildman–Crippen LogP) is 3.54. The molecule has 0 radical (unpaired) electrons. The average molecular weight is 342 g/mol. The van der Waals surface area contributed by atoms with Gasteiger partial charge in [0.2, 0.25) is 5.90 Å². The Bertz CT molecular complexity index is 729. The highest BCUT2D eigenvalue weighted by atomic mass is 16.5. The van der Waals surface area contributed by atoms with Crippen LogP contribution in [0, 0.1) is 22.7 Å². The summed E-state index contributed by atoms with van der Waals surface area (Å²) in [7, 11) is 0. The van der Waals surface area contributed by atoms with Crippen LogP contribution in [-0.2, 0) is 14.3 Å². The molecule has 6 nitrogen and oxygen atoms in total. The van der Waals surface area contributed by atoms with E-state index in [-0.39, 0.29) is 17.6 Å². The van der Waals surface area contributed by atoms with Crippen molar-refractivity contribution in [3.63, 3.8) is 0 Å². The first kappa shape index (κ1) is 18.5. The van der Waals surface area contributed by atoms with Gasteiger partial charge in [-0.05, 0) is 45.4 Å². The summed E-state index contributed by atoms with van der Waals surface area (Å²) in [4.78, 5) is 12.6. The third-order valence-electron chi connectivity index (χ3n) is 3.82. The van der Waals surface area contributed by atoms with Gasteiger partial charge in [-0.2, -0.15) is 5.26 Å². The SMILES string of the molecule is CCOc1ccc(C2C(C(=O)OC(C)C)=C(C)OC(=N)C2C#N)cc1. The molecule has 2 atom stereocenters. The Morgan fingerprint density at radius 3 is 2.52 bits per heavy atom. The van der Waals surface area contributed by atoms with E-state index in [0.29, 0.717) is 18.1 Å². The molecule has 0 aromatic heterocycles.